The van der Waals surface area contributed by atoms with E-state index in [-0.39, 0.29) is 0 Å². The van der Waals surface area contributed by atoms with E-state index in [0.717, 1.165) is 6.42 Å². The molecule has 0 aliphatic heterocycles. The molecule has 0 N–H and O–H groups in total. The maximum atomic E-state index is 9.75. The van der Waals surface area contributed by atoms with E-state index in [9.17, 15) is 5.26 Å². The number of hydrogen-bond acceptors (Lipinski definition) is 1. The minimum Gasteiger partial charge on any atom is -0.307 e. The average Bonchev–Trinajstić information content (AvgIpc) is 3.11. The molecule has 3 heterocycles. The van der Waals surface area contributed by atoms with Crippen LogP contribution in [-0.2, 0) is 13.5 Å². The highest BCUT2D eigenvalue weighted by Crippen LogP contribution is 2.43. The second-order valence-corrected chi connectivity index (χ2v) is 9.49. The lowest BCUT2D eigenvalue weighted by molar-refractivity contribution is -0.643. The summed E-state index contributed by atoms with van der Waals surface area (Å²) in [5.41, 5.74) is 7.11. The number of nitrogens with zero attached hydrogens (tertiary/aromatic N) is 3. The maximum Gasteiger partial charge on any atom is 0.224 e. The molecule has 0 aliphatic rings. The van der Waals surface area contributed by atoms with Crippen molar-refractivity contribution >= 4 is 49.0 Å². The van der Waals surface area contributed by atoms with Gasteiger partial charge in [-0.3, -0.25) is 0 Å². The molecule has 3 nitrogen and oxygen atoms in total. The molecular formula is C28H24N3+. The van der Waals surface area contributed by atoms with Gasteiger partial charge in [-0.05, 0) is 61.9 Å². The monoisotopic (exact) mass is 402 g/mol. The van der Waals surface area contributed by atoms with E-state index < -0.39 is 5.41 Å². The number of benzene rings is 3. The zero-order chi connectivity index (χ0) is 21.5. The van der Waals surface area contributed by atoms with Crippen LogP contribution in [0.2, 0.25) is 0 Å². The predicted octanol–water partition coefficient (Wildman–Crippen LogP) is 6.22. The van der Waals surface area contributed by atoms with Gasteiger partial charge in [-0.1, -0.05) is 30.3 Å². The third kappa shape index (κ3) is 2.31. The van der Waals surface area contributed by atoms with Crippen LogP contribution in [0.5, 0.6) is 0 Å². The SMILES string of the molecule is Cc1cccc2c1c1c3c(cc[n+]1C)cc(CC(C)(C)C#N)c1c4ccccc4n2c13. The number of para-hydroxylation sites is 1. The highest BCUT2D eigenvalue weighted by molar-refractivity contribution is 6.28. The zero-order valence-electron chi connectivity index (χ0n) is 18.3. The summed E-state index contributed by atoms with van der Waals surface area (Å²) in [5, 5.41) is 16.1. The Morgan fingerprint density at radius 3 is 2.55 bits per heavy atom. The normalized spacial score (nSPS) is 12.6. The van der Waals surface area contributed by atoms with Crippen LogP contribution in [0.3, 0.4) is 0 Å². The van der Waals surface area contributed by atoms with Crippen molar-refractivity contribution in [2.75, 3.05) is 0 Å². The topological polar surface area (TPSA) is 32.1 Å². The smallest absolute Gasteiger partial charge is 0.224 e. The molecule has 0 fully saturated rings. The van der Waals surface area contributed by atoms with Crippen LogP contribution >= 0.6 is 0 Å². The van der Waals surface area contributed by atoms with Crippen LogP contribution in [0.4, 0.5) is 0 Å². The molecular weight excluding hydrogens is 378 g/mol. The molecule has 0 aliphatic carbocycles. The molecule has 3 heteroatoms. The lowest BCUT2D eigenvalue weighted by Crippen LogP contribution is -2.29. The fourth-order valence-corrected chi connectivity index (χ4v) is 5.45. The van der Waals surface area contributed by atoms with E-state index >= 15 is 0 Å². The Balaban J connectivity index is 2.00. The van der Waals surface area contributed by atoms with Gasteiger partial charge in [0.05, 0.1) is 38.8 Å². The number of pyridine rings is 2. The van der Waals surface area contributed by atoms with Gasteiger partial charge >= 0.3 is 0 Å². The van der Waals surface area contributed by atoms with Crippen molar-refractivity contribution < 1.29 is 4.57 Å². The minimum atomic E-state index is -0.426. The lowest BCUT2D eigenvalue weighted by Gasteiger charge is -2.18. The molecule has 31 heavy (non-hydrogen) atoms. The van der Waals surface area contributed by atoms with E-state index in [0.29, 0.717) is 0 Å². The first-order valence-corrected chi connectivity index (χ1v) is 10.8. The summed E-state index contributed by atoms with van der Waals surface area (Å²) < 4.78 is 4.71. The fourth-order valence-electron chi connectivity index (χ4n) is 5.45. The second-order valence-electron chi connectivity index (χ2n) is 9.49. The van der Waals surface area contributed by atoms with Crippen molar-refractivity contribution in [3.8, 4) is 6.07 Å². The Labute approximate surface area is 181 Å². The molecule has 0 saturated heterocycles. The molecule has 0 atom stereocenters. The van der Waals surface area contributed by atoms with E-state index in [2.05, 4.69) is 89.8 Å². The van der Waals surface area contributed by atoms with Crippen molar-refractivity contribution in [1.29, 1.82) is 5.26 Å². The number of nitriles is 1. The van der Waals surface area contributed by atoms with Crippen molar-refractivity contribution in [2.45, 2.75) is 27.2 Å². The zero-order valence-corrected chi connectivity index (χ0v) is 18.3. The molecule has 6 rings (SSSR count). The largest absolute Gasteiger partial charge is 0.307 e. The molecule has 150 valence electrons. The van der Waals surface area contributed by atoms with E-state index in [1.54, 1.807) is 0 Å². The number of aromatic nitrogens is 2. The molecule has 0 spiro atoms. The summed E-state index contributed by atoms with van der Waals surface area (Å²) >= 11 is 0. The minimum absolute atomic E-state index is 0.426. The Hall–Kier alpha value is -3.64. The first kappa shape index (κ1) is 18.2. The first-order valence-electron chi connectivity index (χ1n) is 10.8. The molecule has 0 saturated carbocycles. The molecule has 3 aromatic heterocycles. The molecule has 0 unspecified atom stereocenters. The number of hydrogen-bond donors (Lipinski definition) is 0. The van der Waals surface area contributed by atoms with Crippen LogP contribution in [0.25, 0.3) is 49.0 Å². The van der Waals surface area contributed by atoms with E-state index in [4.69, 9.17) is 0 Å². The van der Waals surface area contributed by atoms with Crippen molar-refractivity contribution in [1.82, 2.24) is 4.40 Å². The summed E-state index contributed by atoms with van der Waals surface area (Å²) in [5.74, 6) is 0. The predicted molar refractivity (Wildman–Crippen MR) is 128 cm³/mol. The standard InChI is InChI=1S/C28H24N3/c1-17-8-7-11-22-23(17)26-25-18(12-13-30(26)4)14-19(15-28(2,3)16-29)24-20-9-5-6-10-21(20)31(22)27(24)25/h5-14H,15H2,1-4H3/q+1. The van der Waals surface area contributed by atoms with Crippen LogP contribution in [0.15, 0.2) is 60.8 Å². The quantitative estimate of drug-likeness (QED) is 0.192. The van der Waals surface area contributed by atoms with Gasteiger partial charge < -0.3 is 4.40 Å². The van der Waals surface area contributed by atoms with Crippen molar-refractivity contribution in [3.05, 3.63) is 71.9 Å². The van der Waals surface area contributed by atoms with Gasteiger partial charge in [-0.2, -0.15) is 5.26 Å². The highest BCUT2D eigenvalue weighted by atomic mass is 15.0. The summed E-state index contributed by atoms with van der Waals surface area (Å²) in [6, 6.07) is 22.3. The van der Waals surface area contributed by atoms with Crippen molar-refractivity contribution in [3.63, 3.8) is 0 Å². The number of rotatable bonds is 2. The maximum absolute atomic E-state index is 9.75. The molecule has 0 radical (unpaired) electrons. The second kappa shape index (κ2) is 5.95. The molecule has 6 aromatic rings. The average molecular weight is 403 g/mol. The van der Waals surface area contributed by atoms with Crippen LogP contribution in [0.1, 0.15) is 25.0 Å². The third-order valence-electron chi connectivity index (χ3n) is 6.78. The summed E-state index contributed by atoms with van der Waals surface area (Å²) in [6.07, 6.45) is 2.89. The molecule has 3 aromatic carbocycles. The van der Waals surface area contributed by atoms with Crippen LogP contribution in [-0.4, -0.2) is 4.40 Å². The van der Waals surface area contributed by atoms with Crippen LogP contribution < -0.4 is 4.57 Å². The Kier molecular flexibility index (Phi) is 3.49. The van der Waals surface area contributed by atoms with Gasteiger partial charge in [0.25, 0.3) is 0 Å². The lowest BCUT2D eigenvalue weighted by atomic mass is 9.84. The van der Waals surface area contributed by atoms with Gasteiger partial charge in [0, 0.05) is 16.8 Å². The number of aryl methyl sites for hydroxylation is 2. The Morgan fingerprint density at radius 1 is 0.968 bits per heavy atom. The third-order valence-corrected chi connectivity index (χ3v) is 6.78. The fraction of sp³-hybridized carbons (Fsp3) is 0.214. The first-order chi connectivity index (χ1) is 14.9. The summed E-state index contributed by atoms with van der Waals surface area (Å²) in [6.45, 7) is 6.27. The van der Waals surface area contributed by atoms with E-state index in [1.807, 2.05) is 13.8 Å². The van der Waals surface area contributed by atoms with Crippen molar-refractivity contribution in [2.24, 2.45) is 12.5 Å². The molecule has 0 amide bonds. The number of fused-ring (bicyclic) bond motifs is 6. The van der Waals surface area contributed by atoms with Crippen LogP contribution in [0, 0.1) is 23.7 Å². The van der Waals surface area contributed by atoms with Gasteiger partial charge in [-0.15, -0.1) is 0 Å². The Morgan fingerprint density at radius 2 is 1.74 bits per heavy atom. The van der Waals surface area contributed by atoms with Gasteiger partial charge in [0.1, 0.15) is 7.05 Å². The summed E-state index contributed by atoms with van der Waals surface area (Å²) in [7, 11) is 2.14. The summed E-state index contributed by atoms with van der Waals surface area (Å²) in [4.78, 5) is 0. The van der Waals surface area contributed by atoms with Gasteiger partial charge in [-0.25, -0.2) is 4.57 Å². The van der Waals surface area contributed by atoms with Gasteiger partial charge in [0.15, 0.2) is 6.20 Å². The molecule has 0 bridgehead atoms. The van der Waals surface area contributed by atoms with E-state index in [1.165, 1.54) is 60.1 Å². The highest BCUT2D eigenvalue weighted by Gasteiger charge is 2.27. The Bertz CT molecular complexity index is 1710. The van der Waals surface area contributed by atoms with Gasteiger partial charge in [0.2, 0.25) is 5.52 Å².